The zero-order chi connectivity index (χ0) is 23.4. The van der Waals surface area contributed by atoms with Crippen molar-refractivity contribution in [3.05, 3.63) is 58.1 Å². The summed E-state index contributed by atoms with van der Waals surface area (Å²) in [7, 11) is 5.96. The highest BCUT2D eigenvalue weighted by Crippen LogP contribution is 2.43. The van der Waals surface area contributed by atoms with Crippen molar-refractivity contribution in [1.29, 1.82) is 0 Å². The zero-order valence-corrected chi connectivity index (χ0v) is 18.9. The minimum atomic E-state index is -0.882. The number of ketones is 1. The summed E-state index contributed by atoms with van der Waals surface area (Å²) in [6.45, 7) is 0.347. The third-order valence-corrected chi connectivity index (χ3v) is 5.56. The molecule has 2 aromatic carbocycles. The maximum absolute atomic E-state index is 13.0. The van der Waals surface area contributed by atoms with Gasteiger partial charge in [-0.05, 0) is 35.9 Å². The Kier molecular flexibility index (Phi) is 7.27. The second-order valence-corrected chi connectivity index (χ2v) is 7.35. The van der Waals surface area contributed by atoms with E-state index in [1.54, 1.807) is 30.3 Å². The van der Waals surface area contributed by atoms with Crippen molar-refractivity contribution in [2.75, 3.05) is 41.6 Å². The number of ether oxygens (including phenoxy) is 4. The van der Waals surface area contributed by atoms with E-state index < -0.39 is 23.5 Å². The number of methoxy groups -OCH3 is 4. The van der Waals surface area contributed by atoms with Gasteiger partial charge in [0.2, 0.25) is 0 Å². The molecule has 1 atom stereocenters. The van der Waals surface area contributed by atoms with Crippen LogP contribution in [0.2, 0.25) is 5.02 Å². The molecule has 1 unspecified atom stereocenters. The van der Waals surface area contributed by atoms with Crippen LogP contribution in [0.3, 0.4) is 0 Å². The average molecular weight is 462 g/mol. The van der Waals surface area contributed by atoms with E-state index in [4.69, 9.17) is 30.5 Å². The Balaban J connectivity index is 2.24. The average Bonchev–Trinajstić information content (AvgIpc) is 3.06. The highest BCUT2D eigenvalue weighted by atomic mass is 35.5. The molecule has 170 valence electrons. The molecule has 1 heterocycles. The maximum atomic E-state index is 13.0. The smallest absolute Gasteiger partial charge is 0.295 e. The Morgan fingerprint density at radius 2 is 1.72 bits per heavy atom. The molecule has 8 nitrogen and oxygen atoms in total. The van der Waals surface area contributed by atoms with Crippen LogP contribution < -0.4 is 14.2 Å². The molecule has 0 aromatic heterocycles. The monoisotopic (exact) mass is 461 g/mol. The molecule has 2 aromatic rings. The molecular weight excluding hydrogens is 438 g/mol. The first-order valence-electron chi connectivity index (χ1n) is 9.71. The van der Waals surface area contributed by atoms with Crippen LogP contribution in [0, 0.1) is 0 Å². The number of aliphatic hydroxyl groups is 1. The molecule has 0 aliphatic carbocycles. The number of carbonyl (C=O) groups is 2. The fraction of sp³-hybridized carbons (Fsp3) is 0.304. The molecule has 9 heteroatoms. The van der Waals surface area contributed by atoms with Crippen molar-refractivity contribution < 1.29 is 33.6 Å². The number of hydrogen-bond donors (Lipinski definition) is 1. The fourth-order valence-corrected chi connectivity index (χ4v) is 3.83. The van der Waals surface area contributed by atoms with Crippen molar-refractivity contribution in [3.8, 4) is 17.2 Å². The molecule has 32 heavy (non-hydrogen) atoms. The van der Waals surface area contributed by atoms with Crippen LogP contribution in [0.15, 0.2) is 42.0 Å². The number of amides is 1. The molecule has 1 aliphatic heterocycles. The first-order chi connectivity index (χ1) is 15.4. The van der Waals surface area contributed by atoms with Crippen molar-refractivity contribution >= 4 is 29.1 Å². The standard InChI is InChI=1S/C23H24ClNO7/c1-29-10-9-25-20(13-5-8-17(31-3)18(11-13)32-4)19(22(27)23(25)28)21(26)15-12-14(30-2)6-7-16(15)24/h5-8,11-12,20,26H,9-10H2,1-4H3/b21-19+. The zero-order valence-electron chi connectivity index (χ0n) is 18.2. The van der Waals surface area contributed by atoms with Gasteiger partial charge in [-0.2, -0.15) is 0 Å². The lowest BCUT2D eigenvalue weighted by Gasteiger charge is -2.25. The number of halogens is 1. The lowest BCUT2D eigenvalue weighted by atomic mass is 9.95. The first kappa shape index (κ1) is 23.4. The second kappa shape index (κ2) is 9.93. The van der Waals surface area contributed by atoms with Gasteiger partial charge < -0.3 is 29.0 Å². The van der Waals surface area contributed by atoms with E-state index in [1.165, 1.54) is 39.4 Å². The highest BCUT2D eigenvalue weighted by molar-refractivity contribution is 6.47. The van der Waals surface area contributed by atoms with Crippen LogP contribution in [0.1, 0.15) is 17.2 Å². The number of rotatable bonds is 8. The lowest BCUT2D eigenvalue weighted by molar-refractivity contribution is -0.140. The van der Waals surface area contributed by atoms with Crippen molar-refractivity contribution in [2.24, 2.45) is 0 Å². The van der Waals surface area contributed by atoms with E-state index >= 15 is 0 Å². The predicted octanol–water partition coefficient (Wildman–Crippen LogP) is 3.43. The SMILES string of the molecule is COCCN1C(=O)C(=O)/C(=C(/O)c2cc(OC)ccc2Cl)C1c1ccc(OC)c(OC)c1. The van der Waals surface area contributed by atoms with Crippen molar-refractivity contribution in [3.63, 3.8) is 0 Å². The van der Waals surface area contributed by atoms with E-state index in [2.05, 4.69) is 0 Å². The van der Waals surface area contributed by atoms with Gasteiger partial charge in [0.15, 0.2) is 11.5 Å². The van der Waals surface area contributed by atoms with Gasteiger partial charge in [-0.3, -0.25) is 9.59 Å². The summed E-state index contributed by atoms with van der Waals surface area (Å²) >= 11 is 6.30. The van der Waals surface area contributed by atoms with Gasteiger partial charge >= 0.3 is 0 Å². The number of likely N-dealkylation sites (tertiary alicyclic amines) is 1. The Bertz CT molecular complexity index is 1070. The van der Waals surface area contributed by atoms with Gasteiger partial charge in [-0.15, -0.1) is 0 Å². The van der Waals surface area contributed by atoms with Crippen LogP contribution in [0.5, 0.6) is 17.2 Å². The normalized spacial score (nSPS) is 17.5. The number of aliphatic hydroxyl groups excluding tert-OH is 1. The van der Waals surface area contributed by atoms with Crippen LogP contribution >= 0.6 is 11.6 Å². The van der Waals surface area contributed by atoms with Gasteiger partial charge in [0.1, 0.15) is 11.5 Å². The molecular formula is C23H24ClNO7. The van der Waals surface area contributed by atoms with Crippen molar-refractivity contribution in [1.82, 2.24) is 4.90 Å². The van der Waals surface area contributed by atoms with Crippen LogP contribution in [0.4, 0.5) is 0 Å². The van der Waals surface area contributed by atoms with Crippen LogP contribution in [-0.4, -0.2) is 63.3 Å². The molecule has 3 rings (SSSR count). The maximum Gasteiger partial charge on any atom is 0.295 e. The molecule has 0 bridgehead atoms. The molecule has 1 fully saturated rings. The Hall–Kier alpha value is -3.23. The van der Waals surface area contributed by atoms with Gasteiger partial charge in [-0.25, -0.2) is 0 Å². The summed E-state index contributed by atoms with van der Waals surface area (Å²) in [4.78, 5) is 27.3. The molecule has 1 aliphatic rings. The minimum absolute atomic E-state index is 0.0894. The molecule has 0 saturated carbocycles. The van der Waals surface area contributed by atoms with E-state index in [0.29, 0.717) is 22.8 Å². The summed E-state index contributed by atoms with van der Waals surface area (Å²) in [5.41, 5.74) is 0.647. The van der Waals surface area contributed by atoms with Gasteiger partial charge in [0.05, 0.1) is 44.6 Å². The van der Waals surface area contributed by atoms with Crippen molar-refractivity contribution in [2.45, 2.75) is 6.04 Å². The summed E-state index contributed by atoms with van der Waals surface area (Å²) in [5.74, 6) is -0.624. The largest absolute Gasteiger partial charge is 0.507 e. The fourth-order valence-electron chi connectivity index (χ4n) is 3.63. The third kappa shape index (κ3) is 4.24. The Morgan fingerprint density at radius 1 is 1.00 bits per heavy atom. The Morgan fingerprint density at radius 3 is 2.34 bits per heavy atom. The van der Waals surface area contributed by atoms with Gasteiger partial charge in [0, 0.05) is 19.2 Å². The minimum Gasteiger partial charge on any atom is -0.507 e. The summed E-state index contributed by atoms with van der Waals surface area (Å²) in [5, 5.41) is 11.4. The first-order valence-corrected chi connectivity index (χ1v) is 10.1. The lowest BCUT2D eigenvalue weighted by Crippen LogP contribution is -2.32. The number of hydrogen-bond acceptors (Lipinski definition) is 7. The number of carbonyl (C=O) groups excluding carboxylic acids is 2. The van der Waals surface area contributed by atoms with E-state index in [9.17, 15) is 14.7 Å². The topological polar surface area (TPSA) is 94.5 Å². The number of Topliss-reactive ketones (excluding diaryl/α,β-unsaturated/α-hetero) is 1. The van der Waals surface area contributed by atoms with Crippen LogP contribution in [-0.2, 0) is 14.3 Å². The predicted molar refractivity (Wildman–Crippen MR) is 118 cm³/mol. The highest BCUT2D eigenvalue weighted by Gasteiger charge is 2.46. The second-order valence-electron chi connectivity index (χ2n) is 6.95. The van der Waals surface area contributed by atoms with Gasteiger partial charge in [-0.1, -0.05) is 17.7 Å². The molecule has 1 saturated heterocycles. The van der Waals surface area contributed by atoms with Gasteiger partial charge in [0.25, 0.3) is 11.7 Å². The van der Waals surface area contributed by atoms with E-state index in [-0.39, 0.29) is 29.3 Å². The Labute approximate surface area is 190 Å². The van der Waals surface area contributed by atoms with Crippen LogP contribution in [0.25, 0.3) is 5.76 Å². The van der Waals surface area contributed by atoms with E-state index in [1.807, 2.05) is 0 Å². The number of benzene rings is 2. The quantitative estimate of drug-likeness (QED) is 0.365. The molecule has 0 spiro atoms. The molecule has 1 amide bonds. The molecule has 1 N–H and O–H groups in total. The van der Waals surface area contributed by atoms with E-state index in [0.717, 1.165) is 0 Å². The summed E-state index contributed by atoms with van der Waals surface area (Å²) < 4.78 is 21.0. The summed E-state index contributed by atoms with van der Waals surface area (Å²) in [6, 6.07) is 8.83. The third-order valence-electron chi connectivity index (χ3n) is 5.23. The number of nitrogens with zero attached hydrogens (tertiary/aromatic N) is 1. The molecule has 0 radical (unpaired) electrons. The summed E-state index contributed by atoms with van der Waals surface area (Å²) in [6.07, 6.45) is 0.